The second-order valence-electron chi connectivity index (χ2n) is 6.01. The van der Waals surface area contributed by atoms with Gasteiger partial charge in [0.1, 0.15) is 6.61 Å². The summed E-state index contributed by atoms with van der Waals surface area (Å²) >= 11 is 0. The van der Waals surface area contributed by atoms with Crippen molar-refractivity contribution in [3.8, 4) is 0 Å². The molecular weight excluding hydrogens is 272 g/mol. The van der Waals surface area contributed by atoms with Gasteiger partial charge in [-0.2, -0.15) is 0 Å². The van der Waals surface area contributed by atoms with E-state index in [1.807, 2.05) is 0 Å². The second kappa shape index (κ2) is 9.60. The highest BCUT2D eigenvalue weighted by Gasteiger charge is 2.23. The molecule has 2 amide bonds. The van der Waals surface area contributed by atoms with Crippen molar-refractivity contribution in [2.75, 3.05) is 26.2 Å². The highest BCUT2D eigenvalue weighted by molar-refractivity contribution is 5.74. The number of carboxylic acid groups (broad SMARTS) is 1. The predicted octanol–water partition coefficient (Wildman–Crippen LogP) is 2.09. The molecule has 1 aliphatic heterocycles. The van der Waals surface area contributed by atoms with Gasteiger partial charge in [-0.1, -0.05) is 26.7 Å². The first kappa shape index (κ1) is 17.8. The third kappa shape index (κ3) is 7.90. The van der Waals surface area contributed by atoms with Gasteiger partial charge < -0.3 is 20.1 Å². The molecule has 1 aliphatic rings. The lowest BCUT2D eigenvalue weighted by atomic mass is 10.1. The summed E-state index contributed by atoms with van der Waals surface area (Å²) < 4.78 is 5.25. The van der Waals surface area contributed by atoms with Crippen LogP contribution in [0, 0.1) is 5.92 Å². The number of carbonyl (C=O) groups excluding carboxylic acids is 1. The summed E-state index contributed by atoms with van der Waals surface area (Å²) in [6.07, 6.45) is 4.71. The van der Waals surface area contributed by atoms with Gasteiger partial charge in [-0.15, -0.1) is 0 Å². The van der Waals surface area contributed by atoms with Crippen molar-refractivity contribution >= 4 is 12.0 Å². The Morgan fingerprint density at radius 2 is 1.95 bits per heavy atom. The van der Waals surface area contributed by atoms with Crippen LogP contribution in [0.3, 0.4) is 0 Å². The van der Waals surface area contributed by atoms with Crippen molar-refractivity contribution in [3.63, 3.8) is 0 Å². The molecule has 0 unspecified atom stereocenters. The largest absolute Gasteiger partial charge is 0.480 e. The number of nitrogens with one attached hydrogen (secondary N) is 1. The SMILES string of the molecule is CC(C)CCCCNC(=O)N1CCC(OCC(=O)O)CC1. The molecule has 1 fully saturated rings. The van der Waals surface area contributed by atoms with Gasteiger partial charge in [0.25, 0.3) is 0 Å². The number of ether oxygens (including phenoxy) is 1. The van der Waals surface area contributed by atoms with Crippen LogP contribution in [0.2, 0.25) is 0 Å². The van der Waals surface area contributed by atoms with Gasteiger partial charge >= 0.3 is 12.0 Å². The summed E-state index contributed by atoms with van der Waals surface area (Å²) in [7, 11) is 0. The molecule has 0 aromatic carbocycles. The molecule has 0 aromatic rings. The van der Waals surface area contributed by atoms with Crippen molar-refractivity contribution in [1.29, 1.82) is 0 Å². The number of amides is 2. The Balaban J connectivity index is 2.10. The number of urea groups is 1. The molecule has 0 atom stereocenters. The smallest absolute Gasteiger partial charge is 0.329 e. The third-order valence-electron chi connectivity index (χ3n) is 3.66. The zero-order valence-corrected chi connectivity index (χ0v) is 13.1. The Morgan fingerprint density at radius 1 is 1.29 bits per heavy atom. The predicted molar refractivity (Wildman–Crippen MR) is 80.3 cm³/mol. The fourth-order valence-electron chi connectivity index (χ4n) is 2.40. The standard InChI is InChI=1S/C15H28N2O4/c1-12(2)5-3-4-8-16-15(20)17-9-6-13(7-10-17)21-11-14(18)19/h12-13H,3-11H2,1-2H3,(H,16,20)(H,18,19). The number of likely N-dealkylation sites (tertiary alicyclic amines) is 1. The Labute approximate surface area is 126 Å². The number of unbranched alkanes of at least 4 members (excludes halogenated alkanes) is 1. The quantitative estimate of drug-likeness (QED) is 0.673. The first-order valence-corrected chi connectivity index (χ1v) is 7.85. The molecule has 122 valence electrons. The topological polar surface area (TPSA) is 78.9 Å². The fourth-order valence-corrected chi connectivity index (χ4v) is 2.40. The summed E-state index contributed by atoms with van der Waals surface area (Å²) in [6, 6.07) is -0.0174. The van der Waals surface area contributed by atoms with E-state index in [4.69, 9.17) is 9.84 Å². The number of carbonyl (C=O) groups is 2. The molecule has 6 heteroatoms. The maximum absolute atomic E-state index is 11.9. The van der Waals surface area contributed by atoms with E-state index in [0.717, 1.165) is 19.4 Å². The molecule has 0 spiro atoms. The minimum absolute atomic E-state index is 0.0174. The van der Waals surface area contributed by atoms with Crippen molar-refractivity contribution in [2.45, 2.75) is 52.1 Å². The Hall–Kier alpha value is -1.30. The summed E-state index contributed by atoms with van der Waals surface area (Å²) in [5, 5.41) is 11.5. The van der Waals surface area contributed by atoms with E-state index in [2.05, 4.69) is 19.2 Å². The molecule has 6 nitrogen and oxygen atoms in total. The summed E-state index contributed by atoms with van der Waals surface area (Å²) in [5.41, 5.74) is 0. The maximum Gasteiger partial charge on any atom is 0.329 e. The summed E-state index contributed by atoms with van der Waals surface area (Å²) in [4.78, 5) is 24.2. The molecule has 2 N–H and O–H groups in total. The van der Waals surface area contributed by atoms with Gasteiger partial charge in [0.2, 0.25) is 0 Å². The average Bonchev–Trinajstić information content (AvgIpc) is 2.44. The highest BCUT2D eigenvalue weighted by Crippen LogP contribution is 2.13. The number of rotatable bonds is 8. The van der Waals surface area contributed by atoms with Crippen LogP contribution >= 0.6 is 0 Å². The van der Waals surface area contributed by atoms with Crippen LogP contribution in [0.25, 0.3) is 0 Å². The zero-order chi connectivity index (χ0) is 15.7. The van der Waals surface area contributed by atoms with E-state index in [1.165, 1.54) is 6.42 Å². The van der Waals surface area contributed by atoms with Gasteiger partial charge in [0.05, 0.1) is 6.10 Å². The Kier molecular flexibility index (Phi) is 8.12. The van der Waals surface area contributed by atoms with Crippen molar-refractivity contribution < 1.29 is 19.4 Å². The van der Waals surface area contributed by atoms with Gasteiger partial charge in [-0.25, -0.2) is 9.59 Å². The molecule has 1 rings (SSSR count). The normalized spacial score (nSPS) is 16.2. The lowest BCUT2D eigenvalue weighted by molar-refractivity contribution is -0.145. The molecule has 0 aromatic heterocycles. The number of hydrogen-bond acceptors (Lipinski definition) is 3. The van der Waals surface area contributed by atoms with Crippen molar-refractivity contribution in [3.05, 3.63) is 0 Å². The number of piperidine rings is 1. The molecule has 1 saturated heterocycles. The summed E-state index contributed by atoms with van der Waals surface area (Å²) in [6.45, 7) is 6.13. The molecule has 1 heterocycles. The molecular formula is C15H28N2O4. The van der Waals surface area contributed by atoms with Crippen LogP contribution in [-0.4, -0.2) is 54.4 Å². The molecule has 21 heavy (non-hydrogen) atoms. The zero-order valence-electron chi connectivity index (χ0n) is 13.1. The first-order chi connectivity index (χ1) is 9.99. The minimum Gasteiger partial charge on any atom is -0.480 e. The number of carboxylic acids is 1. The van der Waals surface area contributed by atoms with Crippen molar-refractivity contribution in [1.82, 2.24) is 10.2 Å². The molecule has 0 saturated carbocycles. The summed E-state index contributed by atoms with van der Waals surface area (Å²) in [5.74, 6) is -0.234. The van der Waals surface area contributed by atoms with E-state index in [1.54, 1.807) is 4.90 Å². The first-order valence-electron chi connectivity index (χ1n) is 7.85. The van der Waals surface area contributed by atoms with E-state index >= 15 is 0 Å². The van der Waals surface area contributed by atoms with Gasteiger partial charge in [0, 0.05) is 19.6 Å². The van der Waals surface area contributed by atoms with Crippen LogP contribution in [0.5, 0.6) is 0 Å². The highest BCUT2D eigenvalue weighted by atomic mass is 16.5. The van der Waals surface area contributed by atoms with E-state index < -0.39 is 5.97 Å². The third-order valence-corrected chi connectivity index (χ3v) is 3.66. The molecule has 0 radical (unpaired) electrons. The number of aliphatic carboxylic acids is 1. The second-order valence-corrected chi connectivity index (χ2v) is 6.01. The van der Waals surface area contributed by atoms with Gasteiger partial charge in [-0.3, -0.25) is 0 Å². The van der Waals surface area contributed by atoms with E-state index in [-0.39, 0.29) is 18.7 Å². The number of nitrogens with zero attached hydrogens (tertiary/aromatic N) is 1. The van der Waals surface area contributed by atoms with Gasteiger partial charge in [0.15, 0.2) is 0 Å². The maximum atomic E-state index is 11.9. The Morgan fingerprint density at radius 3 is 2.52 bits per heavy atom. The monoisotopic (exact) mass is 300 g/mol. The minimum atomic E-state index is -0.948. The fraction of sp³-hybridized carbons (Fsp3) is 0.867. The lowest BCUT2D eigenvalue weighted by Crippen LogP contribution is -2.46. The van der Waals surface area contributed by atoms with Crippen LogP contribution in [-0.2, 0) is 9.53 Å². The van der Waals surface area contributed by atoms with Crippen LogP contribution in [0.4, 0.5) is 4.79 Å². The van der Waals surface area contributed by atoms with E-state index in [0.29, 0.717) is 31.8 Å². The van der Waals surface area contributed by atoms with Crippen molar-refractivity contribution in [2.24, 2.45) is 5.92 Å². The average molecular weight is 300 g/mol. The molecule has 0 aliphatic carbocycles. The van der Waals surface area contributed by atoms with E-state index in [9.17, 15) is 9.59 Å². The molecule has 0 bridgehead atoms. The number of hydrogen-bond donors (Lipinski definition) is 2. The van der Waals surface area contributed by atoms with Gasteiger partial charge in [-0.05, 0) is 25.2 Å². The van der Waals surface area contributed by atoms with Crippen LogP contribution in [0.1, 0.15) is 46.0 Å². The Bertz CT molecular complexity index is 326. The van der Waals surface area contributed by atoms with Crippen LogP contribution < -0.4 is 5.32 Å². The lowest BCUT2D eigenvalue weighted by Gasteiger charge is -2.31. The van der Waals surface area contributed by atoms with Crippen LogP contribution in [0.15, 0.2) is 0 Å².